The lowest BCUT2D eigenvalue weighted by Crippen LogP contribution is -1.98. The number of hydrogen-bond acceptors (Lipinski definition) is 2. The van der Waals surface area contributed by atoms with Crippen molar-refractivity contribution in [2.24, 2.45) is 0 Å². The first kappa shape index (κ1) is 9.61. The second kappa shape index (κ2) is 3.49. The predicted molar refractivity (Wildman–Crippen MR) is 50.1 cm³/mol. The second-order valence-electron chi connectivity index (χ2n) is 2.45. The molecule has 0 aromatic heterocycles. The summed E-state index contributed by atoms with van der Waals surface area (Å²) < 4.78 is 0. The Balaban J connectivity index is 3.27. The van der Waals surface area contributed by atoms with Crippen molar-refractivity contribution < 1.29 is 15.0 Å². The molecule has 0 fully saturated rings. The van der Waals surface area contributed by atoms with Crippen LogP contribution >= 0.6 is 11.6 Å². The Morgan fingerprint density at radius 2 is 2.00 bits per heavy atom. The fourth-order valence-corrected chi connectivity index (χ4v) is 1.07. The van der Waals surface area contributed by atoms with E-state index in [2.05, 4.69) is 6.58 Å². The monoisotopic (exact) mass is 198 g/mol. The maximum absolute atomic E-state index is 10.6. The second-order valence-corrected chi connectivity index (χ2v) is 2.85. The number of carboxylic acid groups (broad SMARTS) is 1. The average Bonchev–Trinajstić information content (AvgIpc) is 2.04. The molecule has 0 bridgehead atoms. The molecule has 0 aliphatic rings. The maximum Gasteiger partial charge on any atom is 0.337 e. The Morgan fingerprint density at radius 3 is 2.46 bits per heavy atom. The van der Waals surface area contributed by atoms with Gasteiger partial charge in [-0.3, -0.25) is 0 Å². The van der Waals surface area contributed by atoms with Crippen LogP contribution in [0.4, 0.5) is 0 Å². The van der Waals surface area contributed by atoms with Crippen molar-refractivity contribution in [1.29, 1.82) is 0 Å². The molecule has 4 heteroatoms. The normalized spacial score (nSPS) is 9.62. The fraction of sp³-hybridized carbons (Fsp3) is 0. The molecule has 0 heterocycles. The molecule has 0 aliphatic carbocycles. The van der Waals surface area contributed by atoms with Gasteiger partial charge in [0.1, 0.15) is 5.76 Å². The third-order valence-corrected chi connectivity index (χ3v) is 1.86. The molecule has 3 nitrogen and oxygen atoms in total. The number of benzene rings is 1. The van der Waals surface area contributed by atoms with E-state index in [0.29, 0.717) is 5.56 Å². The van der Waals surface area contributed by atoms with Crippen molar-refractivity contribution in [1.82, 2.24) is 0 Å². The van der Waals surface area contributed by atoms with E-state index in [1.807, 2.05) is 0 Å². The molecule has 0 saturated heterocycles. The van der Waals surface area contributed by atoms with Gasteiger partial charge in [-0.15, -0.1) is 0 Å². The van der Waals surface area contributed by atoms with Crippen LogP contribution in [-0.4, -0.2) is 16.2 Å². The zero-order chi connectivity index (χ0) is 10.0. The quantitative estimate of drug-likeness (QED) is 0.718. The van der Waals surface area contributed by atoms with Crippen molar-refractivity contribution in [2.75, 3.05) is 0 Å². The molecule has 68 valence electrons. The molecule has 1 aromatic carbocycles. The van der Waals surface area contributed by atoms with Gasteiger partial charge in [0.2, 0.25) is 0 Å². The van der Waals surface area contributed by atoms with Crippen LogP contribution in [0.3, 0.4) is 0 Å². The largest absolute Gasteiger partial charge is 0.508 e. The zero-order valence-corrected chi connectivity index (χ0v) is 7.38. The number of rotatable bonds is 2. The molecule has 0 radical (unpaired) electrons. The number of carbonyl (C=O) groups is 1. The number of aliphatic hydroxyl groups excluding tert-OH is 1. The SMILES string of the molecule is C=C(O)c1ccc(Cl)c(C(=O)O)c1. The minimum atomic E-state index is -1.13. The lowest BCUT2D eigenvalue weighted by atomic mass is 10.1. The van der Waals surface area contributed by atoms with Crippen molar-refractivity contribution in [2.45, 2.75) is 0 Å². The maximum atomic E-state index is 10.6. The highest BCUT2D eigenvalue weighted by Crippen LogP contribution is 2.20. The van der Waals surface area contributed by atoms with E-state index in [1.54, 1.807) is 0 Å². The molecule has 0 aliphatic heterocycles. The summed E-state index contributed by atoms with van der Waals surface area (Å²) in [6.07, 6.45) is 0. The van der Waals surface area contributed by atoms with Gasteiger partial charge in [-0.1, -0.05) is 18.2 Å². The van der Waals surface area contributed by atoms with E-state index in [1.165, 1.54) is 18.2 Å². The summed E-state index contributed by atoms with van der Waals surface area (Å²) in [4.78, 5) is 10.6. The molecule has 0 amide bonds. The highest BCUT2D eigenvalue weighted by molar-refractivity contribution is 6.33. The van der Waals surface area contributed by atoms with Gasteiger partial charge >= 0.3 is 5.97 Å². The van der Waals surface area contributed by atoms with Crippen LogP contribution in [0.2, 0.25) is 5.02 Å². The van der Waals surface area contributed by atoms with Crippen LogP contribution in [0.1, 0.15) is 15.9 Å². The molecule has 0 spiro atoms. The van der Waals surface area contributed by atoms with Crippen LogP contribution < -0.4 is 0 Å². The van der Waals surface area contributed by atoms with Gasteiger partial charge in [-0.2, -0.15) is 0 Å². The Hall–Kier alpha value is -1.48. The highest BCUT2D eigenvalue weighted by Gasteiger charge is 2.09. The lowest BCUT2D eigenvalue weighted by Gasteiger charge is -2.02. The Labute approximate surface area is 79.9 Å². The van der Waals surface area contributed by atoms with E-state index in [-0.39, 0.29) is 16.3 Å². The average molecular weight is 199 g/mol. The zero-order valence-electron chi connectivity index (χ0n) is 6.62. The van der Waals surface area contributed by atoms with Crippen molar-refractivity contribution in [3.63, 3.8) is 0 Å². The summed E-state index contributed by atoms with van der Waals surface area (Å²) in [5, 5.41) is 17.8. The molecule has 0 saturated carbocycles. The van der Waals surface area contributed by atoms with Crippen molar-refractivity contribution in [3.8, 4) is 0 Å². The molecule has 2 N–H and O–H groups in total. The number of aliphatic hydroxyl groups is 1. The minimum Gasteiger partial charge on any atom is -0.508 e. The fourth-order valence-electron chi connectivity index (χ4n) is 0.869. The molecular weight excluding hydrogens is 192 g/mol. The van der Waals surface area contributed by atoms with Crippen LogP contribution in [0, 0.1) is 0 Å². The first-order valence-electron chi connectivity index (χ1n) is 3.43. The van der Waals surface area contributed by atoms with Gasteiger partial charge in [0.05, 0.1) is 10.6 Å². The van der Waals surface area contributed by atoms with Gasteiger partial charge in [0.15, 0.2) is 0 Å². The van der Waals surface area contributed by atoms with Gasteiger partial charge in [0.25, 0.3) is 0 Å². The Bertz CT molecular complexity index is 371. The molecule has 13 heavy (non-hydrogen) atoms. The van der Waals surface area contributed by atoms with Gasteiger partial charge in [-0.25, -0.2) is 4.79 Å². The summed E-state index contributed by atoms with van der Waals surface area (Å²) >= 11 is 5.60. The predicted octanol–water partition coefficient (Wildman–Crippen LogP) is 2.57. The standard InChI is InChI=1S/C9H7ClO3/c1-5(11)6-2-3-8(10)7(4-6)9(12)13/h2-4,11H,1H2,(H,12,13). The lowest BCUT2D eigenvalue weighted by molar-refractivity contribution is 0.0697. The molecule has 1 aromatic rings. The third-order valence-electron chi connectivity index (χ3n) is 1.53. The molecular formula is C9H7ClO3. The number of halogens is 1. The van der Waals surface area contributed by atoms with E-state index in [0.717, 1.165) is 0 Å². The van der Waals surface area contributed by atoms with E-state index in [4.69, 9.17) is 21.8 Å². The summed E-state index contributed by atoms with van der Waals surface area (Å²) in [6, 6.07) is 4.17. The van der Waals surface area contributed by atoms with Crippen LogP contribution in [0.15, 0.2) is 24.8 Å². The summed E-state index contributed by atoms with van der Waals surface area (Å²) in [5.74, 6) is -1.31. The Kier molecular flexibility index (Phi) is 2.58. The summed E-state index contributed by atoms with van der Waals surface area (Å²) in [6.45, 7) is 3.28. The Morgan fingerprint density at radius 1 is 1.38 bits per heavy atom. The number of carboxylic acids is 1. The van der Waals surface area contributed by atoms with Gasteiger partial charge in [-0.05, 0) is 18.2 Å². The highest BCUT2D eigenvalue weighted by atomic mass is 35.5. The molecule has 1 rings (SSSR count). The smallest absolute Gasteiger partial charge is 0.337 e. The number of hydrogen-bond donors (Lipinski definition) is 2. The van der Waals surface area contributed by atoms with Crippen LogP contribution in [-0.2, 0) is 0 Å². The minimum absolute atomic E-state index is 0.0469. The van der Waals surface area contributed by atoms with E-state index < -0.39 is 5.97 Å². The van der Waals surface area contributed by atoms with Crippen LogP contribution in [0.5, 0.6) is 0 Å². The van der Waals surface area contributed by atoms with Gasteiger partial charge < -0.3 is 10.2 Å². The van der Waals surface area contributed by atoms with E-state index in [9.17, 15) is 4.79 Å². The summed E-state index contributed by atoms with van der Waals surface area (Å²) in [7, 11) is 0. The van der Waals surface area contributed by atoms with Gasteiger partial charge in [0, 0.05) is 5.56 Å². The molecule has 0 atom stereocenters. The first-order valence-corrected chi connectivity index (χ1v) is 3.81. The van der Waals surface area contributed by atoms with E-state index >= 15 is 0 Å². The number of aromatic carboxylic acids is 1. The third kappa shape index (κ3) is 2.00. The topological polar surface area (TPSA) is 57.5 Å². The summed E-state index contributed by atoms with van der Waals surface area (Å²) in [5.41, 5.74) is 0.302. The first-order chi connectivity index (χ1) is 6.02. The van der Waals surface area contributed by atoms with Crippen molar-refractivity contribution >= 4 is 23.3 Å². The van der Waals surface area contributed by atoms with Crippen molar-refractivity contribution in [3.05, 3.63) is 40.9 Å². The van der Waals surface area contributed by atoms with Crippen LogP contribution in [0.25, 0.3) is 5.76 Å². The molecule has 0 unspecified atom stereocenters.